The van der Waals surface area contributed by atoms with Crippen LogP contribution in [0.1, 0.15) is 27.7 Å². The number of hydrogen-bond donors (Lipinski definition) is 1. The summed E-state index contributed by atoms with van der Waals surface area (Å²) in [6, 6.07) is -0.0262. The van der Waals surface area contributed by atoms with Gasteiger partial charge in [-0.25, -0.2) is 0 Å². The number of likely N-dealkylation sites (N-methyl/N-ethyl adjacent to an activating group) is 1. The molecule has 1 amide bonds. The van der Waals surface area contributed by atoms with Gasteiger partial charge in [-0.05, 0) is 19.3 Å². The predicted molar refractivity (Wildman–Crippen MR) is 53.5 cm³/mol. The van der Waals surface area contributed by atoms with Gasteiger partial charge in [0, 0.05) is 19.6 Å². The minimum atomic E-state index is -0.0262. The molecule has 0 bridgehead atoms. The van der Waals surface area contributed by atoms with Crippen LogP contribution in [0.3, 0.4) is 0 Å². The lowest BCUT2D eigenvalue weighted by molar-refractivity contribution is -0.132. The molecule has 3 nitrogen and oxygen atoms in total. The van der Waals surface area contributed by atoms with Crippen molar-refractivity contribution in [2.45, 2.75) is 33.7 Å². The summed E-state index contributed by atoms with van der Waals surface area (Å²) in [5, 5.41) is 3.26. The number of nitrogens with zero attached hydrogens (tertiary/aromatic N) is 1. The Kier molecular flexibility index (Phi) is 2.96. The van der Waals surface area contributed by atoms with Crippen LogP contribution in [0.4, 0.5) is 0 Å². The second kappa shape index (κ2) is 3.66. The van der Waals surface area contributed by atoms with E-state index in [0.29, 0.717) is 0 Å². The van der Waals surface area contributed by atoms with E-state index in [1.54, 1.807) is 0 Å². The summed E-state index contributed by atoms with van der Waals surface area (Å²) in [4.78, 5) is 13.7. The van der Waals surface area contributed by atoms with Gasteiger partial charge in [0.1, 0.15) is 0 Å². The standard InChI is InChI=1S/C10H20N2O/c1-5-12-7-10(3,4)6-11-8(2)9(12)13/h8,11H,5-7H2,1-4H3. The Hall–Kier alpha value is -0.570. The van der Waals surface area contributed by atoms with Gasteiger partial charge in [0.15, 0.2) is 0 Å². The minimum Gasteiger partial charge on any atom is -0.341 e. The van der Waals surface area contributed by atoms with Gasteiger partial charge in [-0.2, -0.15) is 0 Å². The van der Waals surface area contributed by atoms with Crippen molar-refractivity contribution < 1.29 is 4.79 Å². The highest BCUT2D eigenvalue weighted by atomic mass is 16.2. The zero-order chi connectivity index (χ0) is 10.1. The Morgan fingerprint density at radius 1 is 1.62 bits per heavy atom. The Balaban J connectivity index is 2.76. The lowest BCUT2D eigenvalue weighted by Gasteiger charge is -2.28. The van der Waals surface area contributed by atoms with Crippen LogP contribution in [-0.4, -0.2) is 36.5 Å². The Morgan fingerprint density at radius 3 is 2.77 bits per heavy atom. The van der Waals surface area contributed by atoms with Gasteiger partial charge >= 0.3 is 0 Å². The van der Waals surface area contributed by atoms with E-state index in [0.717, 1.165) is 19.6 Å². The molecule has 0 spiro atoms. The summed E-state index contributed by atoms with van der Waals surface area (Å²) in [7, 11) is 0. The van der Waals surface area contributed by atoms with Crippen molar-refractivity contribution >= 4 is 5.91 Å². The molecule has 0 aromatic carbocycles. The highest BCUT2D eigenvalue weighted by Gasteiger charge is 2.31. The first-order valence-electron chi connectivity index (χ1n) is 4.98. The lowest BCUT2D eigenvalue weighted by atomic mass is 9.93. The van der Waals surface area contributed by atoms with Crippen molar-refractivity contribution in [3.05, 3.63) is 0 Å². The van der Waals surface area contributed by atoms with Crippen molar-refractivity contribution in [3.8, 4) is 0 Å². The third kappa shape index (κ3) is 2.44. The number of nitrogens with one attached hydrogen (secondary N) is 1. The summed E-state index contributed by atoms with van der Waals surface area (Å²) in [5.41, 5.74) is 0.191. The van der Waals surface area contributed by atoms with Crippen LogP contribution in [0.5, 0.6) is 0 Å². The molecular formula is C10H20N2O. The fourth-order valence-electron chi connectivity index (χ4n) is 1.71. The van der Waals surface area contributed by atoms with Crippen molar-refractivity contribution in [3.63, 3.8) is 0 Å². The van der Waals surface area contributed by atoms with Crippen LogP contribution >= 0.6 is 0 Å². The van der Waals surface area contributed by atoms with Crippen molar-refractivity contribution in [2.75, 3.05) is 19.6 Å². The topological polar surface area (TPSA) is 32.3 Å². The van der Waals surface area contributed by atoms with Gasteiger partial charge in [-0.3, -0.25) is 4.79 Å². The smallest absolute Gasteiger partial charge is 0.239 e. The maximum Gasteiger partial charge on any atom is 0.239 e. The maximum absolute atomic E-state index is 11.7. The molecule has 1 aliphatic heterocycles. The molecule has 1 N–H and O–H groups in total. The zero-order valence-electron chi connectivity index (χ0n) is 9.05. The predicted octanol–water partition coefficient (Wildman–Crippen LogP) is 0.853. The van der Waals surface area contributed by atoms with Crippen LogP contribution < -0.4 is 5.32 Å². The van der Waals surface area contributed by atoms with Crippen LogP contribution in [0.25, 0.3) is 0 Å². The van der Waals surface area contributed by atoms with E-state index in [4.69, 9.17) is 0 Å². The Labute approximate surface area is 80.5 Å². The SMILES string of the molecule is CCN1CC(C)(C)CNC(C)C1=O. The van der Waals surface area contributed by atoms with Gasteiger partial charge in [0.25, 0.3) is 0 Å². The number of carbonyl (C=O) groups is 1. The minimum absolute atomic E-state index is 0.0262. The molecule has 76 valence electrons. The van der Waals surface area contributed by atoms with Gasteiger partial charge < -0.3 is 10.2 Å². The Morgan fingerprint density at radius 2 is 2.23 bits per heavy atom. The third-order valence-electron chi connectivity index (χ3n) is 2.57. The van der Waals surface area contributed by atoms with Gasteiger partial charge in [-0.1, -0.05) is 13.8 Å². The Bertz CT molecular complexity index is 201. The summed E-state index contributed by atoms with van der Waals surface area (Å²) in [6.07, 6.45) is 0. The first-order chi connectivity index (χ1) is 5.96. The van der Waals surface area contributed by atoms with Gasteiger partial charge in [-0.15, -0.1) is 0 Å². The molecule has 1 saturated heterocycles. The van der Waals surface area contributed by atoms with Crippen molar-refractivity contribution in [1.29, 1.82) is 0 Å². The van der Waals surface area contributed by atoms with Crippen LogP contribution in [0.2, 0.25) is 0 Å². The summed E-state index contributed by atoms with van der Waals surface area (Å²) in [5.74, 6) is 0.230. The number of rotatable bonds is 1. The molecule has 1 fully saturated rings. The largest absolute Gasteiger partial charge is 0.341 e. The molecule has 1 unspecified atom stereocenters. The van der Waals surface area contributed by atoms with E-state index >= 15 is 0 Å². The molecule has 0 radical (unpaired) electrons. The van der Waals surface area contributed by atoms with Crippen molar-refractivity contribution in [2.24, 2.45) is 5.41 Å². The van der Waals surface area contributed by atoms with Gasteiger partial charge in [0.2, 0.25) is 5.91 Å². The second-order valence-corrected chi connectivity index (χ2v) is 4.62. The third-order valence-corrected chi connectivity index (χ3v) is 2.57. The molecule has 1 heterocycles. The molecule has 0 aromatic rings. The summed E-state index contributed by atoms with van der Waals surface area (Å²) in [6.45, 7) is 10.9. The molecule has 0 aliphatic carbocycles. The van der Waals surface area contributed by atoms with E-state index in [2.05, 4.69) is 19.2 Å². The number of carbonyl (C=O) groups excluding carboxylic acids is 1. The summed E-state index contributed by atoms with van der Waals surface area (Å²) < 4.78 is 0. The molecular weight excluding hydrogens is 164 g/mol. The average molecular weight is 184 g/mol. The van der Waals surface area contributed by atoms with E-state index < -0.39 is 0 Å². The van der Waals surface area contributed by atoms with E-state index in [1.807, 2.05) is 18.7 Å². The first-order valence-corrected chi connectivity index (χ1v) is 4.98. The maximum atomic E-state index is 11.7. The molecule has 3 heteroatoms. The van der Waals surface area contributed by atoms with Crippen molar-refractivity contribution in [1.82, 2.24) is 10.2 Å². The van der Waals surface area contributed by atoms with Gasteiger partial charge in [0.05, 0.1) is 6.04 Å². The highest BCUT2D eigenvalue weighted by molar-refractivity contribution is 5.81. The fourth-order valence-corrected chi connectivity index (χ4v) is 1.71. The lowest BCUT2D eigenvalue weighted by Crippen LogP contribution is -2.41. The molecule has 1 rings (SSSR count). The molecule has 13 heavy (non-hydrogen) atoms. The quantitative estimate of drug-likeness (QED) is 0.655. The number of hydrogen-bond acceptors (Lipinski definition) is 2. The van der Waals surface area contributed by atoms with Crippen LogP contribution in [0.15, 0.2) is 0 Å². The second-order valence-electron chi connectivity index (χ2n) is 4.62. The monoisotopic (exact) mass is 184 g/mol. The first kappa shape index (κ1) is 10.5. The fraction of sp³-hybridized carbons (Fsp3) is 0.900. The molecule has 1 atom stereocenters. The molecule has 0 aromatic heterocycles. The zero-order valence-corrected chi connectivity index (χ0v) is 9.05. The van der Waals surface area contributed by atoms with Crippen LogP contribution in [-0.2, 0) is 4.79 Å². The molecule has 1 aliphatic rings. The summed E-state index contributed by atoms with van der Waals surface area (Å²) >= 11 is 0. The average Bonchev–Trinajstić information content (AvgIpc) is 2.17. The van der Waals surface area contributed by atoms with E-state index in [-0.39, 0.29) is 17.4 Å². The molecule has 0 saturated carbocycles. The van der Waals surface area contributed by atoms with E-state index in [9.17, 15) is 4.79 Å². The normalized spacial score (nSPS) is 28.8. The van der Waals surface area contributed by atoms with Crippen LogP contribution in [0, 0.1) is 5.41 Å². The highest BCUT2D eigenvalue weighted by Crippen LogP contribution is 2.19. The van der Waals surface area contributed by atoms with E-state index in [1.165, 1.54) is 0 Å². The number of amides is 1.